The van der Waals surface area contributed by atoms with Crippen molar-refractivity contribution < 1.29 is 9.90 Å². The molecule has 2 N–H and O–H groups in total. The minimum absolute atomic E-state index is 0.317. The van der Waals surface area contributed by atoms with Crippen LogP contribution in [-0.4, -0.2) is 17.6 Å². The van der Waals surface area contributed by atoms with Gasteiger partial charge in [0.2, 0.25) is 0 Å². The predicted molar refractivity (Wildman–Crippen MR) is 89.9 cm³/mol. The molecule has 1 atom stereocenters. The summed E-state index contributed by atoms with van der Waals surface area (Å²) in [4.78, 5) is 10.8. The molecule has 0 heterocycles. The van der Waals surface area contributed by atoms with Crippen LogP contribution in [0.3, 0.4) is 0 Å². The quantitative estimate of drug-likeness (QED) is 0.863. The van der Waals surface area contributed by atoms with Gasteiger partial charge in [-0.2, -0.15) is 0 Å². The first-order chi connectivity index (χ1) is 10.4. The Morgan fingerprint density at radius 2 is 1.91 bits per heavy atom. The number of carbonyl (C=O) groups is 1. The summed E-state index contributed by atoms with van der Waals surface area (Å²) in [7, 11) is 0. The van der Waals surface area contributed by atoms with Gasteiger partial charge < -0.3 is 10.4 Å². The Kier molecular flexibility index (Phi) is 5.19. The lowest BCUT2D eigenvalue weighted by Gasteiger charge is -2.29. The van der Waals surface area contributed by atoms with Gasteiger partial charge in [-0.25, -0.2) is 4.79 Å². The summed E-state index contributed by atoms with van der Waals surface area (Å²) in [6, 6.07) is 7.01. The zero-order valence-electron chi connectivity index (χ0n) is 13.6. The van der Waals surface area contributed by atoms with E-state index in [1.165, 1.54) is 5.57 Å². The van der Waals surface area contributed by atoms with Crippen molar-refractivity contribution in [2.45, 2.75) is 33.7 Å². The summed E-state index contributed by atoms with van der Waals surface area (Å²) in [5.41, 5.74) is 3.06. The van der Waals surface area contributed by atoms with E-state index in [4.69, 9.17) is 5.11 Å². The molecule has 0 radical (unpaired) electrons. The third-order valence-corrected chi connectivity index (χ3v) is 4.15. The van der Waals surface area contributed by atoms with Crippen LogP contribution in [0.4, 0.5) is 0 Å². The van der Waals surface area contributed by atoms with Gasteiger partial charge in [0.05, 0.1) is 5.56 Å². The van der Waals surface area contributed by atoms with E-state index >= 15 is 0 Å². The van der Waals surface area contributed by atoms with Gasteiger partial charge in [0.1, 0.15) is 0 Å². The molecule has 1 unspecified atom stereocenters. The Hall–Kier alpha value is -1.87. The molecule has 22 heavy (non-hydrogen) atoms. The van der Waals surface area contributed by atoms with E-state index in [-0.39, 0.29) is 0 Å². The number of rotatable bonds is 5. The Labute approximate surface area is 132 Å². The fourth-order valence-electron chi connectivity index (χ4n) is 2.55. The number of aromatic carboxylic acids is 1. The molecule has 3 nitrogen and oxygen atoms in total. The van der Waals surface area contributed by atoms with E-state index in [2.05, 4.69) is 44.3 Å². The summed E-state index contributed by atoms with van der Waals surface area (Å²) in [6.45, 7) is 8.42. The van der Waals surface area contributed by atoms with Crippen LogP contribution in [0.15, 0.2) is 48.1 Å². The number of carboxylic acids is 1. The molecule has 0 aromatic heterocycles. The lowest BCUT2D eigenvalue weighted by atomic mass is 9.76. The van der Waals surface area contributed by atoms with E-state index < -0.39 is 5.97 Å². The van der Waals surface area contributed by atoms with Crippen LogP contribution in [0, 0.1) is 11.3 Å². The summed E-state index contributed by atoms with van der Waals surface area (Å²) in [5, 5.41) is 12.3. The number of hydrogen-bond donors (Lipinski definition) is 2. The molecule has 3 heteroatoms. The molecule has 118 valence electrons. The second kappa shape index (κ2) is 6.93. The van der Waals surface area contributed by atoms with Gasteiger partial charge in [0.15, 0.2) is 0 Å². The van der Waals surface area contributed by atoms with Crippen LogP contribution < -0.4 is 5.32 Å². The highest BCUT2D eigenvalue weighted by atomic mass is 16.4. The fraction of sp³-hybridized carbons (Fsp3) is 0.421. The molecule has 0 aliphatic heterocycles. The number of carboxylic acid groups (broad SMARTS) is 1. The molecule has 0 bridgehead atoms. The maximum absolute atomic E-state index is 10.8. The van der Waals surface area contributed by atoms with E-state index in [1.54, 1.807) is 12.1 Å². The Morgan fingerprint density at radius 3 is 2.41 bits per heavy atom. The highest BCUT2D eigenvalue weighted by Crippen LogP contribution is 2.32. The second-order valence-electron chi connectivity index (χ2n) is 6.95. The predicted octanol–water partition coefficient (Wildman–Crippen LogP) is 4.02. The van der Waals surface area contributed by atoms with Crippen LogP contribution >= 0.6 is 0 Å². The third kappa shape index (κ3) is 4.57. The molecule has 1 aromatic rings. The molecule has 0 saturated heterocycles. The first-order valence-electron chi connectivity index (χ1n) is 7.76. The molecule has 0 amide bonds. The van der Waals surface area contributed by atoms with Crippen LogP contribution in [0.1, 0.15) is 43.1 Å². The van der Waals surface area contributed by atoms with E-state index in [9.17, 15) is 4.79 Å². The van der Waals surface area contributed by atoms with Crippen molar-refractivity contribution in [2.75, 3.05) is 6.54 Å². The van der Waals surface area contributed by atoms with E-state index in [0.29, 0.717) is 16.9 Å². The van der Waals surface area contributed by atoms with E-state index in [1.807, 2.05) is 12.1 Å². The van der Waals surface area contributed by atoms with Gasteiger partial charge in [-0.1, -0.05) is 51.1 Å². The van der Waals surface area contributed by atoms with Crippen molar-refractivity contribution in [1.82, 2.24) is 5.32 Å². The maximum Gasteiger partial charge on any atom is 0.335 e. The van der Waals surface area contributed by atoms with Gasteiger partial charge in [-0.3, -0.25) is 0 Å². The highest BCUT2D eigenvalue weighted by molar-refractivity contribution is 5.87. The highest BCUT2D eigenvalue weighted by Gasteiger charge is 2.22. The maximum atomic E-state index is 10.8. The molecule has 2 rings (SSSR count). The zero-order chi connectivity index (χ0) is 16.2. The van der Waals surface area contributed by atoms with Crippen LogP contribution in [0.5, 0.6) is 0 Å². The summed E-state index contributed by atoms with van der Waals surface area (Å²) >= 11 is 0. The molecule has 0 saturated carbocycles. The Bertz CT molecular complexity index is 576. The molecular formula is C19H25NO2. The average molecular weight is 299 g/mol. The number of hydrogen-bond acceptors (Lipinski definition) is 2. The zero-order valence-corrected chi connectivity index (χ0v) is 13.6. The summed E-state index contributed by atoms with van der Waals surface area (Å²) < 4.78 is 0. The van der Waals surface area contributed by atoms with Crippen molar-refractivity contribution in [1.29, 1.82) is 0 Å². The molecule has 1 aliphatic rings. The minimum Gasteiger partial charge on any atom is -0.478 e. The molecular weight excluding hydrogens is 274 g/mol. The van der Waals surface area contributed by atoms with Gasteiger partial charge >= 0.3 is 5.97 Å². The van der Waals surface area contributed by atoms with Crippen molar-refractivity contribution in [3.63, 3.8) is 0 Å². The normalized spacial score (nSPS) is 18.1. The first kappa shape index (κ1) is 16.5. The monoisotopic (exact) mass is 299 g/mol. The summed E-state index contributed by atoms with van der Waals surface area (Å²) in [6.07, 6.45) is 7.96. The SMILES string of the molecule is CC(C)(C)C1C=CC(CNCc2ccc(C(=O)O)cc2)=CC1. The van der Waals surface area contributed by atoms with Crippen LogP contribution in [-0.2, 0) is 6.54 Å². The molecule has 1 aliphatic carbocycles. The van der Waals surface area contributed by atoms with Crippen molar-refractivity contribution in [3.8, 4) is 0 Å². The van der Waals surface area contributed by atoms with Crippen LogP contribution in [0.2, 0.25) is 0 Å². The van der Waals surface area contributed by atoms with Crippen molar-refractivity contribution in [2.24, 2.45) is 11.3 Å². The van der Waals surface area contributed by atoms with Gasteiger partial charge in [0.25, 0.3) is 0 Å². The minimum atomic E-state index is -0.884. The Morgan fingerprint density at radius 1 is 1.23 bits per heavy atom. The van der Waals surface area contributed by atoms with E-state index in [0.717, 1.165) is 25.1 Å². The Balaban J connectivity index is 1.79. The number of allylic oxidation sites excluding steroid dienone is 2. The lowest BCUT2D eigenvalue weighted by Crippen LogP contribution is -2.21. The first-order valence-corrected chi connectivity index (χ1v) is 7.76. The van der Waals surface area contributed by atoms with Gasteiger partial charge in [-0.15, -0.1) is 0 Å². The largest absolute Gasteiger partial charge is 0.478 e. The topological polar surface area (TPSA) is 49.3 Å². The van der Waals surface area contributed by atoms with Crippen molar-refractivity contribution in [3.05, 3.63) is 59.2 Å². The standard InChI is InChI=1S/C19H25NO2/c1-19(2,3)17-10-6-15(7-11-17)13-20-12-14-4-8-16(9-5-14)18(21)22/h4-10,17,20H,11-13H2,1-3H3,(H,21,22). The van der Waals surface area contributed by atoms with Crippen molar-refractivity contribution >= 4 is 5.97 Å². The average Bonchev–Trinajstić information content (AvgIpc) is 2.47. The van der Waals surface area contributed by atoms with Gasteiger partial charge in [-0.05, 0) is 41.0 Å². The smallest absolute Gasteiger partial charge is 0.335 e. The van der Waals surface area contributed by atoms with Gasteiger partial charge in [0, 0.05) is 13.1 Å². The molecule has 0 spiro atoms. The summed E-state index contributed by atoms with van der Waals surface area (Å²) in [5.74, 6) is -0.273. The molecule has 1 aromatic carbocycles. The third-order valence-electron chi connectivity index (χ3n) is 4.15. The molecule has 0 fully saturated rings. The second-order valence-corrected chi connectivity index (χ2v) is 6.95. The van der Waals surface area contributed by atoms with Crippen LogP contribution in [0.25, 0.3) is 0 Å². The number of nitrogens with one attached hydrogen (secondary N) is 1. The fourth-order valence-corrected chi connectivity index (χ4v) is 2.55. The lowest BCUT2D eigenvalue weighted by molar-refractivity contribution is 0.0697. The number of benzene rings is 1.